The third kappa shape index (κ3) is 3.58. The van der Waals surface area contributed by atoms with Crippen molar-refractivity contribution in [3.8, 4) is 0 Å². The van der Waals surface area contributed by atoms with Crippen LogP contribution in [0.2, 0.25) is 0 Å². The number of carbonyl (C=O) groups excluding carboxylic acids is 2. The molecule has 58 valence electrons. The fourth-order valence-electron chi connectivity index (χ4n) is 0.225. The first-order valence-corrected chi connectivity index (χ1v) is 3.68. The normalized spacial score (nSPS) is 12.3. The first-order chi connectivity index (χ1) is 4.57. The molecule has 0 aromatic heterocycles. The van der Waals surface area contributed by atoms with Crippen molar-refractivity contribution in [1.29, 1.82) is 0 Å². The number of aliphatic hydroxyl groups excluding tert-OH is 1. The Kier molecular flexibility index (Phi) is 4.22. The van der Waals surface area contributed by atoms with Gasteiger partial charge in [-0.2, -0.15) is 0 Å². The van der Waals surface area contributed by atoms with Gasteiger partial charge in [0, 0.05) is 0 Å². The van der Waals surface area contributed by atoms with E-state index < -0.39 is 18.0 Å². The maximum atomic E-state index is 10.4. The molecular weight excluding hydrogens is 204 g/mol. The molecule has 0 heterocycles. The van der Waals surface area contributed by atoms with E-state index in [1.54, 1.807) is 0 Å². The highest BCUT2D eigenvalue weighted by molar-refractivity contribution is 9.09. The highest BCUT2D eigenvalue weighted by Gasteiger charge is 2.13. The zero-order chi connectivity index (χ0) is 8.15. The van der Waals surface area contributed by atoms with Gasteiger partial charge in [-0.3, -0.25) is 4.79 Å². The summed E-state index contributed by atoms with van der Waals surface area (Å²) in [6, 6.07) is 0. The summed E-state index contributed by atoms with van der Waals surface area (Å²) >= 11 is 2.78. The zero-order valence-electron chi connectivity index (χ0n) is 5.33. The third-order valence-corrected chi connectivity index (χ3v) is 1.12. The van der Waals surface area contributed by atoms with Gasteiger partial charge in [0.15, 0.2) is 0 Å². The average molecular weight is 211 g/mol. The Hall–Kier alpha value is -0.420. The summed E-state index contributed by atoms with van der Waals surface area (Å²) < 4.78 is 4.09. The number of halogens is 1. The van der Waals surface area contributed by atoms with Gasteiger partial charge in [0.1, 0.15) is 11.4 Å². The van der Waals surface area contributed by atoms with Gasteiger partial charge in [-0.15, -0.1) is 0 Å². The molecule has 5 heteroatoms. The van der Waals surface area contributed by atoms with Gasteiger partial charge in [-0.25, -0.2) is 4.79 Å². The highest BCUT2D eigenvalue weighted by Crippen LogP contribution is 1.90. The second-order valence-corrected chi connectivity index (χ2v) is 2.16. The number of rotatable bonds is 2. The Morgan fingerprint density at radius 2 is 2.20 bits per heavy atom. The number of aliphatic hydroxyl groups is 1. The summed E-state index contributed by atoms with van der Waals surface area (Å²) in [7, 11) is 0. The van der Waals surface area contributed by atoms with Crippen molar-refractivity contribution in [1.82, 2.24) is 0 Å². The fourth-order valence-corrected chi connectivity index (χ4v) is 0.339. The highest BCUT2D eigenvalue weighted by atomic mass is 79.9. The van der Waals surface area contributed by atoms with Crippen LogP contribution in [0.3, 0.4) is 0 Å². The fraction of sp³-hybridized carbons (Fsp3) is 0.600. The van der Waals surface area contributed by atoms with Crippen molar-refractivity contribution in [3.05, 3.63) is 0 Å². The molecule has 1 unspecified atom stereocenters. The van der Waals surface area contributed by atoms with E-state index in [-0.39, 0.29) is 5.33 Å². The smallest absolute Gasteiger partial charge is 0.342 e. The molecule has 0 aromatic carbocycles. The molecule has 0 rings (SSSR count). The molecule has 0 amide bonds. The number of ether oxygens (including phenoxy) is 1. The first-order valence-electron chi connectivity index (χ1n) is 2.56. The van der Waals surface area contributed by atoms with Gasteiger partial charge in [-0.05, 0) is 6.92 Å². The Bertz CT molecular complexity index is 143. The lowest BCUT2D eigenvalue weighted by atomic mass is 10.4. The topological polar surface area (TPSA) is 63.6 Å². The lowest BCUT2D eigenvalue weighted by Gasteiger charge is -2.01. The first kappa shape index (κ1) is 9.58. The maximum absolute atomic E-state index is 10.4. The molecule has 0 fully saturated rings. The monoisotopic (exact) mass is 210 g/mol. The lowest BCUT2D eigenvalue weighted by Crippen LogP contribution is -2.23. The summed E-state index contributed by atoms with van der Waals surface area (Å²) in [5.41, 5.74) is 0. The van der Waals surface area contributed by atoms with Crippen LogP contribution in [-0.2, 0) is 14.3 Å². The van der Waals surface area contributed by atoms with Crippen LogP contribution >= 0.6 is 15.9 Å². The van der Waals surface area contributed by atoms with E-state index in [0.29, 0.717) is 0 Å². The Balaban J connectivity index is 3.69. The van der Waals surface area contributed by atoms with Crippen LogP contribution < -0.4 is 0 Å². The van der Waals surface area contributed by atoms with Crippen LogP contribution in [0.1, 0.15) is 6.92 Å². The molecule has 4 nitrogen and oxygen atoms in total. The second-order valence-electron chi connectivity index (χ2n) is 1.60. The van der Waals surface area contributed by atoms with Crippen LogP contribution in [0.4, 0.5) is 0 Å². The molecule has 1 atom stereocenters. The largest absolute Gasteiger partial charge is 0.391 e. The maximum Gasteiger partial charge on any atom is 0.342 e. The quantitative estimate of drug-likeness (QED) is 0.391. The Morgan fingerprint density at radius 1 is 1.70 bits per heavy atom. The minimum Gasteiger partial charge on any atom is -0.391 e. The standard InChI is InChI=1S/C5H7BrO4/c1-3(7)5(9)10-4(8)2-6/h3,7H,2H2,1H3. The molecule has 0 aliphatic carbocycles. The van der Waals surface area contributed by atoms with E-state index >= 15 is 0 Å². The Morgan fingerprint density at radius 3 is 2.50 bits per heavy atom. The number of carbonyl (C=O) groups is 2. The number of alkyl halides is 1. The van der Waals surface area contributed by atoms with Crippen molar-refractivity contribution < 1.29 is 19.4 Å². The SMILES string of the molecule is CC(O)C(=O)OC(=O)CBr. The molecule has 1 N–H and O–H groups in total. The predicted octanol–water partition coefficient (Wildman–Crippen LogP) is -0.168. The summed E-state index contributed by atoms with van der Waals surface area (Å²) in [6.07, 6.45) is -1.25. The molecule has 0 aliphatic heterocycles. The predicted molar refractivity (Wildman–Crippen MR) is 36.6 cm³/mol. The van der Waals surface area contributed by atoms with E-state index in [1.807, 2.05) is 0 Å². The van der Waals surface area contributed by atoms with E-state index in [1.165, 1.54) is 6.92 Å². The number of hydrogen-bond acceptors (Lipinski definition) is 4. The van der Waals surface area contributed by atoms with Gasteiger partial charge < -0.3 is 9.84 Å². The summed E-state index contributed by atoms with van der Waals surface area (Å²) in [4.78, 5) is 20.7. The summed E-state index contributed by atoms with van der Waals surface area (Å²) in [5, 5.41) is 8.47. The number of hydrogen-bond donors (Lipinski definition) is 1. The van der Waals surface area contributed by atoms with Gasteiger partial charge in [-0.1, -0.05) is 15.9 Å². The van der Waals surface area contributed by atoms with Crippen LogP contribution in [0.25, 0.3) is 0 Å². The average Bonchev–Trinajstić information content (AvgIpc) is 1.87. The molecule has 0 aliphatic rings. The summed E-state index contributed by atoms with van der Waals surface area (Å²) in [6.45, 7) is 1.23. The molecule has 0 aromatic rings. The van der Waals surface area contributed by atoms with E-state index in [0.717, 1.165) is 0 Å². The molecular formula is C5H7BrO4. The van der Waals surface area contributed by atoms with Crippen molar-refractivity contribution in [2.75, 3.05) is 5.33 Å². The van der Waals surface area contributed by atoms with Crippen molar-refractivity contribution in [2.45, 2.75) is 13.0 Å². The minimum atomic E-state index is -1.25. The van der Waals surface area contributed by atoms with E-state index in [4.69, 9.17) is 5.11 Å². The van der Waals surface area contributed by atoms with Gasteiger partial charge in [0.05, 0.1) is 0 Å². The number of esters is 2. The molecule has 0 radical (unpaired) electrons. The third-order valence-electron chi connectivity index (χ3n) is 0.665. The van der Waals surface area contributed by atoms with Crippen LogP contribution in [0.5, 0.6) is 0 Å². The van der Waals surface area contributed by atoms with Crippen molar-refractivity contribution in [3.63, 3.8) is 0 Å². The molecule has 0 saturated carbocycles. The van der Waals surface area contributed by atoms with Gasteiger partial charge in [0.2, 0.25) is 0 Å². The Labute approximate surface area is 66.3 Å². The van der Waals surface area contributed by atoms with Crippen molar-refractivity contribution >= 4 is 27.9 Å². The lowest BCUT2D eigenvalue weighted by molar-refractivity contribution is -0.163. The van der Waals surface area contributed by atoms with Crippen LogP contribution in [0, 0.1) is 0 Å². The zero-order valence-corrected chi connectivity index (χ0v) is 6.92. The molecule has 0 bridgehead atoms. The van der Waals surface area contributed by atoms with Crippen LogP contribution in [-0.4, -0.2) is 28.5 Å². The molecule has 0 saturated heterocycles. The minimum absolute atomic E-state index is 0.0501. The van der Waals surface area contributed by atoms with Gasteiger partial charge in [0.25, 0.3) is 0 Å². The van der Waals surface area contributed by atoms with E-state index in [2.05, 4.69) is 20.7 Å². The molecule has 0 spiro atoms. The summed E-state index contributed by atoms with van der Waals surface area (Å²) in [5.74, 6) is -1.63. The van der Waals surface area contributed by atoms with Crippen LogP contribution in [0.15, 0.2) is 0 Å². The van der Waals surface area contributed by atoms with Gasteiger partial charge >= 0.3 is 11.9 Å². The second kappa shape index (κ2) is 4.40. The van der Waals surface area contributed by atoms with Crippen molar-refractivity contribution in [2.24, 2.45) is 0 Å². The molecule has 10 heavy (non-hydrogen) atoms. The van der Waals surface area contributed by atoms with E-state index in [9.17, 15) is 9.59 Å².